The monoisotopic (exact) mass is 392 g/mol. The molecule has 6 nitrogen and oxygen atoms in total. The molecule has 0 spiro atoms. The van der Waals surface area contributed by atoms with Crippen LogP contribution in [0, 0.1) is 5.82 Å². The second-order valence-corrected chi connectivity index (χ2v) is 6.77. The summed E-state index contributed by atoms with van der Waals surface area (Å²) in [7, 11) is 0. The molecular weight excluding hydrogens is 371 g/mol. The number of nitrogens with one attached hydrogen (secondary N) is 1. The summed E-state index contributed by atoms with van der Waals surface area (Å²) >= 11 is 6.11. The van der Waals surface area contributed by atoms with Crippen molar-refractivity contribution in [2.75, 3.05) is 5.73 Å². The topological polar surface area (TPSA) is 111 Å². The molecule has 0 unspecified atom stereocenters. The number of pyridine rings is 1. The van der Waals surface area contributed by atoms with Crippen LogP contribution in [0.25, 0.3) is 0 Å². The van der Waals surface area contributed by atoms with Crippen molar-refractivity contribution in [2.45, 2.75) is 38.8 Å². The van der Waals surface area contributed by atoms with Gasteiger partial charge in [-0.05, 0) is 25.5 Å². The van der Waals surface area contributed by atoms with Gasteiger partial charge in [0.15, 0.2) is 5.78 Å². The molecule has 2 rings (SSSR count). The maximum atomic E-state index is 15.2. The van der Waals surface area contributed by atoms with Crippen LogP contribution in [0.4, 0.5) is 10.1 Å². The molecule has 144 valence electrons. The van der Waals surface area contributed by atoms with Crippen molar-refractivity contribution in [2.24, 2.45) is 5.73 Å². The number of nitrogens with zero attached hydrogens (tertiary/aromatic N) is 1. The third-order valence-electron chi connectivity index (χ3n) is 4.15. The van der Waals surface area contributed by atoms with Gasteiger partial charge in [-0.3, -0.25) is 14.6 Å². The van der Waals surface area contributed by atoms with Crippen molar-refractivity contribution in [3.63, 3.8) is 0 Å². The van der Waals surface area contributed by atoms with E-state index in [1.807, 2.05) is 6.92 Å². The molecule has 1 heterocycles. The van der Waals surface area contributed by atoms with E-state index >= 15 is 4.39 Å². The molecule has 0 aliphatic rings. The number of aromatic nitrogens is 1. The average molecular weight is 393 g/mol. The van der Waals surface area contributed by atoms with E-state index in [0.717, 1.165) is 0 Å². The van der Waals surface area contributed by atoms with Gasteiger partial charge >= 0.3 is 0 Å². The number of anilines is 1. The minimum atomic E-state index is -0.708. The second kappa shape index (κ2) is 8.92. The first-order valence-corrected chi connectivity index (χ1v) is 8.89. The van der Waals surface area contributed by atoms with Gasteiger partial charge < -0.3 is 16.8 Å². The zero-order chi connectivity index (χ0) is 20.1. The third-order valence-corrected chi connectivity index (χ3v) is 4.46. The molecule has 0 bridgehead atoms. The number of carbonyl (C=O) groups is 2. The molecule has 0 saturated heterocycles. The first kappa shape index (κ1) is 20.8. The zero-order valence-electron chi connectivity index (χ0n) is 15.1. The Balaban J connectivity index is 2.41. The Morgan fingerprint density at radius 2 is 2.04 bits per heavy atom. The number of benzene rings is 1. The number of hydrogen-bond donors (Lipinski definition) is 3. The van der Waals surface area contributed by atoms with E-state index in [9.17, 15) is 9.59 Å². The molecule has 2 aromatic rings. The lowest BCUT2D eigenvalue weighted by molar-refractivity contribution is -0.118. The number of halogens is 2. The number of nitrogens with two attached hydrogens (primary N) is 2. The molecule has 0 fully saturated rings. The van der Waals surface area contributed by atoms with Gasteiger partial charge in [-0.1, -0.05) is 24.6 Å². The minimum absolute atomic E-state index is 0.00344. The average Bonchev–Trinajstić information content (AvgIpc) is 2.59. The van der Waals surface area contributed by atoms with Gasteiger partial charge in [0, 0.05) is 42.0 Å². The fourth-order valence-corrected chi connectivity index (χ4v) is 3.14. The predicted molar refractivity (Wildman–Crippen MR) is 103 cm³/mol. The summed E-state index contributed by atoms with van der Waals surface area (Å²) in [6, 6.07) is 3.77. The molecule has 0 radical (unpaired) electrons. The molecule has 1 aromatic carbocycles. The Morgan fingerprint density at radius 3 is 2.63 bits per heavy atom. The maximum Gasteiger partial charge on any atom is 0.218 e. The Bertz CT molecular complexity index is 860. The summed E-state index contributed by atoms with van der Waals surface area (Å²) in [5.41, 5.74) is 11.4. The number of ketones is 1. The molecule has 5 N–H and O–H groups in total. The van der Waals surface area contributed by atoms with E-state index in [1.54, 1.807) is 6.92 Å². The van der Waals surface area contributed by atoms with Crippen molar-refractivity contribution >= 4 is 29.0 Å². The molecule has 0 saturated carbocycles. The van der Waals surface area contributed by atoms with Crippen LogP contribution in [0.15, 0.2) is 30.6 Å². The van der Waals surface area contributed by atoms with E-state index in [4.69, 9.17) is 23.1 Å². The summed E-state index contributed by atoms with van der Waals surface area (Å²) in [4.78, 5) is 27.7. The quantitative estimate of drug-likeness (QED) is 0.598. The lowest BCUT2D eigenvalue weighted by atomic mass is 9.96. The Hall–Kier alpha value is -2.51. The highest BCUT2D eigenvalue weighted by molar-refractivity contribution is 6.35. The van der Waals surface area contributed by atoms with Gasteiger partial charge in [-0.15, -0.1) is 0 Å². The zero-order valence-corrected chi connectivity index (χ0v) is 15.9. The first-order chi connectivity index (χ1) is 12.7. The van der Waals surface area contributed by atoms with E-state index < -0.39 is 23.5 Å². The normalized spacial score (nSPS) is 13.2. The largest absolute Gasteiger partial charge is 0.397 e. The highest BCUT2D eigenvalue weighted by Crippen LogP contribution is 2.30. The number of rotatable bonds is 8. The van der Waals surface area contributed by atoms with Crippen LogP contribution in [0.5, 0.6) is 0 Å². The van der Waals surface area contributed by atoms with Crippen LogP contribution in [0.2, 0.25) is 5.02 Å². The van der Waals surface area contributed by atoms with Crippen LogP contribution >= 0.6 is 11.6 Å². The van der Waals surface area contributed by atoms with E-state index in [1.165, 1.54) is 30.6 Å². The van der Waals surface area contributed by atoms with Crippen LogP contribution in [0.1, 0.15) is 54.2 Å². The third kappa shape index (κ3) is 5.02. The first-order valence-electron chi connectivity index (χ1n) is 8.52. The molecule has 0 aliphatic carbocycles. The van der Waals surface area contributed by atoms with E-state index in [2.05, 4.69) is 10.3 Å². The second-order valence-electron chi connectivity index (χ2n) is 6.36. The fourth-order valence-electron chi connectivity index (χ4n) is 2.90. The Kier molecular flexibility index (Phi) is 6.87. The van der Waals surface area contributed by atoms with Crippen molar-refractivity contribution in [1.82, 2.24) is 10.3 Å². The number of amides is 1. The highest BCUT2D eigenvalue weighted by atomic mass is 35.5. The standard InChI is InChI=1S/C19H22ClFN4O2/c1-3-15(25-10(2)6-16(23)26)13-4-5-14(20)17(18(13)21)19(27)11-7-12(22)9-24-8-11/h4-5,7-10,15,25H,3,6,22H2,1-2H3,(H2,23,26)/t10-,15+/m0/s1. The fraction of sp³-hybridized carbons (Fsp3) is 0.316. The summed E-state index contributed by atoms with van der Waals surface area (Å²) in [5, 5.41) is 3.17. The Labute approximate surface area is 162 Å². The number of carbonyl (C=O) groups excluding carboxylic acids is 2. The van der Waals surface area contributed by atoms with Gasteiger partial charge in [-0.25, -0.2) is 4.39 Å². The molecular formula is C19H22ClFN4O2. The highest BCUT2D eigenvalue weighted by Gasteiger charge is 2.25. The number of hydrogen-bond acceptors (Lipinski definition) is 5. The summed E-state index contributed by atoms with van der Waals surface area (Å²) in [6.45, 7) is 3.65. The van der Waals surface area contributed by atoms with Crippen molar-refractivity contribution < 1.29 is 14.0 Å². The lowest BCUT2D eigenvalue weighted by Gasteiger charge is -2.23. The molecule has 0 aliphatic heterocycles. The van der Waals surface area contributed by atoms with Gasteiger partial charge in [0.25, 0.3) is 0 Å². The lowest BCUT2D eigenvalue weighted by Crippen LogP contribution is -2.34. The van der Waals surface area contributed by atoms with Crippen LogP contribution < -0.4 is 16.8 Å². The van der Waals surface area contributed by atoms with Crippen LogP contribution in [0.3, 0.4) is 0 Å². The smallest absolute Gasteiger partial charge is 0.218 e. The van der Waals surface area contributed by atoms with Gasteiger partial charge in [0.05, 0.1) is 16.3 Å². The molecule has 1 aromatic heterocycles. The maximum absolute atomic E-state index is 15.2. The summed E-state index contributed by atoms with van der Waals surface area (Å²) in [5.74, 6) is -1.76. The van der Waals surface area contributed by atoms with Crippen LogP contribution in [-0.2, 0) is 4.79 Å². The predicted octanol–water partition coefficient (Wildman–Crippen LogP) is 2.99. The summed E-state index contributed by atoms with van der Waals surface area (Å²) in [6.07, 6.45) is 3.36. The number of nitrogen functional groups attached to an aromatic ring is 1. The molecule has 2 atom stereocenters. The van der Waals surface area contributed by atoms with Crippen molar-refractivity contribution in [3.8, 4) is 0 Å². The van der Waals surface area contributed by atoms with Gasteiger partial charge in [0.2, 0.25) is 5.91 Å². The molecule has 1 amide bonds. The van der Waals surface area contributed by atoms with Gasteiger partial charge in [-0.2, -0.15) is 0 Å². The number of primary amides is 1. The summed E-state index contributed by atoms with van der Waals surface area (Å²) < 4.78 is 15.2. The SMILES string of the molecule is CC[C@@H](N[C@@H](C)CC(N)=O)c1ccc(Cl)c(C(=O)c2cncc(N)c2)c1F. The van der Waals surface area contributed by atoms with Crippen LogP contribution in [-0.4, -0.2) is 22.7 Å². The minimum Gasteiger partial charge on any atom is -0.397 e. The van der Waals surface area contributed by atoms with Gasteiger partial charge in [0.1, 0.15) is 5.82 Å². The molecule has 27 heavy (non-hydrogen) atoms. The van der Waals surface area contributed by atoms with E-state index in [-0.39, 0.29) is 28.6 Å². The molecule has 8 heteroatoms. The van der Waals surface area contributed by atoms with Crippen molar-refractivity contribution in [1.29, 1.82) is 0 Å². The van der Waals surface area contributed by atoms with E-state index in [0.29, 0.717) is 17.7 Å². The Morgan fingerprint density at radius 1 is 1.33 bits per heavy atom. The van der Waals surface area contributed by atoms with Crippen molar-refractivity contribution in [3.05, 3.63) is 58.1 Å².